The molecule has 0 aliphatic carbocycles. The summed E-state index contributed by atoms with van der Waals surface area (Å²) in [5.41, 5.74) is -0.863. The Kier molecular flexibility index (Phi) is 6.71. The van der Waals surface area contributed by atoms with Crippen molar-refractivity contribution < 1.29 is 22.9 Å². The SMILES string of the molecule is C[C@@H](C(=O)Nc1ccccc1C(F)(F)F)N1CCN(c2ccc(Cl)cc2[N+](=O)[O-])CC1. The predicted molar refractivity (Wildman–Crippen MR) is 111 cm³/mol. The summed E-state index contributed by atoms with van der Waals surface area (Å²) in [4.78, 5) is 27.1. The van der Waals surface area contributed by atoms with Gasteiger partial charge in [-0.1, -0.05) is 23.7 Å². The molecule has 166 valence electrons. The number of nitro benzene ring substituents is 1. The lowest BCUT2D eigenvalue weighted by Crippen LogP contribution is -2.53. The Morgan fingerprint density at radius 1 is 1.16 bits per heavy atom. The Balaban J connectivity index is 1.66. The fraction of sp³-hybridized carbons (Fsp3) is 0.350. The number of halogens is 4. The molecule has 1 aliphatic rings. The fourth-order valence-corrected chi connectivity index (χ4v) is 3.67. The number of anilines is 2. The van der Waals surface area contributed by atoms with Crippen molar-refractivity contribution in [2.24, 2.45) is 0 Å². The topological polar surface area (TPSA) is 78.7 Å². The summed E-state index contributed by atoms with van der Waals surface area (Å²) in [6.07, 6.45) is -4.58. The molecular weight excluding hydrogens is 437 g/mol. The minimum atomic E-state index is -4.58. The molecule has 1 atom stereocenters. The van der Waals surface area contributed by atoms with Crippen LogP contribution in [0.25, 0.3) is 0 Å². The number of nitrogens with zero attached hydrogens (tertiary/aromatic N) is 3. The molecule has 0 aromatic heterocycles. The number of benzene rings is 2. The number of alkyl halides is 3. The fourth-order valence-electron chi connectivity index (χ4n) is 3.50. The Bertz CT molecular complexity index is 978. The van der Waals surface area contributed by atoms with Gasteiger partial charge in [-0.2, -0.15) is 13.2 Å². The molecule has 0 unspecified atom stereocenters. The third-order valence-corrected chi connectivity index (χ3v) is 5.44. The Morgan fingerprint density at radius 2 is 1.81 bits per heavy atom. The van der Waals surface area contributed by atoms with E-state index in [-0.39, 0.29) is 16.4 Å². The number of para-hydroxylation sites is 1. The van der Waals surface area contributed by atoms with Crippen LogP contribution in [0.2, 0.25) is 5.02 Å². The van der Waals surface area contributed by atoms with E-state index >= 15 is 0 Å². The molecule has 3 rings (SSSR count). The van der Waals surface area contributed by atoms with Gasteiger partial charge in [0, 0.05) is 37.3 Å². The highest BCUT2D eigenvalue weighted by molar-refractivity contribution is 6.30. The van der Waals surface area contributed by atoms with Crippen molar-refractivity contribution in [1.29, 1.82) is 0 Å². The molecule has 0 saturated carbocycles. The molecule has 1 aliphatic heterocycles. The van der Waals surface area contributed by atoms with E-state index in [2.05, 4.69) is 5.32 Å². The first-order valence-corrected chi connectivity index (χ1v) is 9.85. The van der Waals surface area contributed by atoms with Gasteiger partial charge in [-0.15, -0.1) is 0 Å². The number of carbonyl (C=O) groups is 1. The summed E-state index contributed by atoms with van der Waals surface area (Å²) in [7, 11) is 0. The zero-order chi connectivity index (χ0) is 22.8. The Labute approximate surface area is 181 Å². The van der Waals surface area contributed by atoms with Crippen LogP contribution in [-0.4, -0.2) is 48.0 Å². The third kappa shape index (κ3) is 5.26. The second-order valence-electron chi connectivity index (χ2n) is 7.12. The molecule has 1 N–H and O–H groups in total. The highest BCUT2D eigenvalue weighted by Crippen LogP contribution is 2.35. The predicted octanol–water partition coefficient (Wildman–Crippen LogP) is 4.42. The van der Waals surface area contributed by atoms with E-state index in [9.17, 15) is 28.1 Å². The molecule has 1 saturated heterocycles. The quantitative estimate of drug-likeness (QED) is 0.532. The van der Waals surface area contributed by atoms with Crippen LogP contribution < -0.4 is 10.2 Å². The standard InChI is InChI=1S/C20H20ClF3N4O3/c1-13(19(29)25-16-5-3-2-4-15(16)20(22,23)24)26-8-10-27(11-9-26)17-7-6-14(21)12-18(17)28(30)31/h2-7,12-13H,8-11H2,1H3,(H,25,29)/t13-/m0/s1. The second kappa shape index (κ2) is 9.11. The molecule has 2 aromatic carbocycles. The largest absolute Gasteiger partial charge is 0.418 e. The van der Waals surface area contributed by atoms with Gasteiger partial charge < -0.3 is 10.2 Å². The van der Waals surface area contributed by atoms with E-state index in [0.29, 0.717) is 31.9 Å². The summed E-state index contributed by atoms with van der Waals surface area (Å²) in [6, 6.07) is 8.58. The van der Waals surface area contributed by atoms with Crippen LogP contribution in [-0.2, 0) is 11.0 Å². The van der Waals surface area contributed by atoms with Crippen molar-refractivity contribution in [3.8, 4) is 0 Å². The monoisotopic (exact) mass is 456 g/mol. The zero-order valence-electron chi connectivity index (χ0n) is 16.5. The molecular formula is C20H20ClF3N4O3. The van der Waals surface area contributed by atoms with Crippen LogP contribution in [0.1, 0.15) is 12.5 Å². The van der Waals surface area contributed by atoms with Crippen molar-refractivity contribution >= 4 is 34.6 Å². The highest BCUT2D eigenvalue weighted by atomic mass is 35.5. The number of piperazine rings is 1. The number of hydrogen-bond donors (Lipinski definition) is 1. The maximum atomic E-state index is 13.1. The average Bonchev–Trinajstić information content (AvgIpc) is 2.73. The first kappa shape index (κ1) is 22.8. The summed E-state index contributed by atoms with van der Waals surface area (Å²) in [5, 5.41) is 14.0. The van der Waals surface area contributed by atoms with Gasteiger partial charge in [0.1, 0.15) is 5.69 Å². The number of nitrogens with one attached hydrogen (secondary N) is 1. The van der Waals surface area contributed by atoms with Gasteiger partial charge in [-0.05, 0) is 31.2 Å². The van der Waals surface area contributed by atoms with Crippen LogP contribution in [0.3, 0.4) is 0 Å². The van der Waals surface area contributed by atoms with Crippen molar-refractivity contribution in [3.63, 3.8) is 0 Å². The molecule has 1 amide bonds. The molecule has 0 spiro atoms. The summed E-state index contributed by atoms with van der Waals surface area (Å²) < 4.78 is 39.4. The van der Waals surface area contributed by atoms with Crippen LogP contribution >= 0.6 is 11.6 Å². The number of carbonyl (C=O) groups excluding carboxylic acids is 1. The van der Waals surface area contributed by atoms with Gasteiger partial charge >= 0.3 is 6.18 Å². The van der Waals surface area contributed by atoms with Gasteiger partial charge in [-0.3, -0.25) is 19.8 Å². The molecule has 1 heterocycles. The van der Waals surface area contributed by atoms with Gasteiger partial charge in [0.05, 0.1) is 22.2 Å². The van der Waals surface area contributed by atoms with E-state index in [1.165, 1.54) is 24.3 Å². The molecule has 2 aromatic rings. The van der Waals surface area contributed by atoms with Crippen molar-refractivity contribution in [2.75, 3.05) is 36.4 Å². The van der Waals surface area contributed by atoms with Crippen LogP contribution in [0.4, 0.5) is 30.2 Å². The third-order valence-electron chi connectivity index (χ3n) is 5.21. The lowest BCUT2D eigenvalue weighted by molar-refractivity contribution is -0.384. The highest BCUT2D eigenvalue weighted by Gasteiger charge is 2.34. The van der Waals surface area contributed by atoms with Crippen LogP contribution in [0.5, 0.6) is 0 Å². The van der Waals surface area contributed by atoms with Crippen LogP contribution in [0, 0.1) is 10.1 Å². The minimum Gasteiger partial charge on any atom is -0.363 e. The van der Waals surface area contributed by atoms with Gasteiger partial charge in [-0.25, -0.2) is 0 Å². The van der Waals surface area contributed by atoms with Gasteiger partial charge in [0.15, 0.2) is 0 Å². The Morgan fingerprint density at radius 3 is 2.42 bits per heavy atom. The first-order valence-electron chi connectivity index (χ1n) is 9.48. The van der Waals surface area contributed by atoms with Crippen molar-refractivity contribution in [1.82, 2.24) is 4.90 Å². The molecule has 11 heteroatoms. The van der Waals surface area contributed by atoms with E-state index < -0.39 is 28.6 Å². The van der Waals surface area contributed by atoms with Gasteiger partial charge in [0.2, 0.25) is 5.91 Å². The van der Waals surface area contributed by atoms with E-state index in [1.807, 2.05) is 9.80 Å². The number of hydrogen-bond acceptors (Lipinski definition) is 5. The normalized spacial score (nSPS) is 16.1. The molecule has 1 fully saturated rings. The maximum absolute atomic E-state index is 13.1. The maximum Gasteiger partial charge on any atom is 0.418 e. The lowest BCUT2D eigenvalue weighted by Gasteiger charge is -2.38. The Hall–Kier alpha value is -2.85. The smallest absolute Gasteiger partial charge is 0.363 e. The summed E-state index contributed by atoms with van der Waals surface area (Å²) >= 11 is 5.86. The molecule has 0 radical (unpaired) electrons. The average molecular weight is 457 g/mol. The number of amides is 1. The van der Waals surface area contributed by atoms with E-state index in [0.717, 1.165) is 6.07 Å². The summed E-state index contributed by atoms with van der Waals surface area (Å²) in [6.45, 7) is 3.27. The van der Waals surface area contributed by atoms with Crippen LogP contribution in [0.15, 0.2) is 42.5 Å². The first-order chi connectivity index (χ1) is 14.6. The van der Waals surface area contributed by atoms with E-state index in [1.54, 1.807) is 19.1 Å². The number of nitro groups is 1. The molecule has 0 bridgehead atoms. The molecule has 7 nitrogen and oxygen atoms in total. The minimum absolute atomic E-state index is 0.101. The second-order valence-corrected chi connectivity index (χ2v) is 7.56. The summed E-state index contributed by atoms with van der Waals surface area (Å²) in [5.74, 6) is -0.553. The lowest BCUT2D eigenvalue weighted by atomic mass is 10.1. The number of rotatable bonds is 5. The van der Waals surface area contributed by atoms with Crippen molar-refractivity contribution in [2.45, 2.75) is 19.1 Å². The van der Waals surface area contributed by atoms with Crippen molar-refractivity contribution in [3.05, 3.63) is 63.2 Å². The molecule has 31 heavy (non-hydrogen) atoms. The van der Waals surface area contributed by atoms with E-state index in [4.69, 9.17) is 11.6 Å². The zero-order valence-corrected chi connectivity index (χ0v) is 17.3. The van der Waals surface area contributed by atoms with Gasteiger partial charge in [0.25, 0.3) is 5.69 Å².